The smallest absolute Gasteiger partial charge is 0.165 e. The predicted molar refractivity (Wildman–Crippen MR) is 134 cm³/mol. The van der Waals surface area contributed by atoms with Crippen LogP contribution in [0.1, 0.15) is 33.7 Å². The van der Waals surface area contributed by atoms with E-state index in [2.05, 4.69) is 34.2 Å². The van der Waals surface area contributed by atoms with Gasteiger partial charge in [-0.1, -0.05) is 29.4 Å². The maximum Gasteiger partial charge on any atom is 0.165 e. The second-order valence-electron chi connectivity index (χ2n) is 8.45. The Bertz CT molecular complexity index is 1270. The van der Waals surface area contributed by atoms with E-state index in [4.69, 9.17) is 18.7 Å². The van der Waals surface area contributed by atoms with Crippen molar-refractivity contribution in [1.29, 1.82) is 0 Å². The number of aromatic nitrogens is 3. The standard InChI is InChI=1S/C27H32N4O4/c1-18-21(9-7-11-25(18)32-4)14-30(15-22-10-8-12-26(33-5)27(22)34-6)23-13-28-31(16-23)17-24-19(2)29-35-20(24)3/h7-13,16H,14-15,17H2,1-6H3. The van der Waals surface area contributed by atoms with Gasteiger partial charge in [0.05, 0.1) is 45.5 Å². The predicted octanol–water partition coefficient (Wildman–Crippen LogP) is 5.08. The second kappa shape index (κ2) is 10.5. The van der Waals surface area contributed by atoms with Crippen molar-refractivity contribution < 1.29 is 18.7 Å². The summed E-state index contributed by atoms with van der Waals surface area (Å²) in [4.78, 5) is 2.27. The molecule has 184 valence electrons. The monoisotopic (exact) mass is 476 g/mol. The van der Waals surface area contributed by atoms with Crippen molar-refractivity contribution >= 4 is 5.69 Å². The molecule has 35 heavy (non-hydrogen) atoms. The Morgan fingerprint density at radius 3 is 2.23 bits per heavy atom. The number of para-hydroxylation sites is 1. The number of benzene rings is 2. The number of ether oxygens (including phenoxy) is 3. The van der Waals surface area contributed by atoms with Gasteiger partial charge in [0.25, 0.3) is 0 Å². The summed E-state index contributed by atoms with van der Waals surface area (Å²) < 4.78 is 24.0. The lowest BCUT2D eigenvalue weighted by Gasteiger charge is -2.26. The molecular formula is C27H32N4O4. The van der Waals surface area contributed by atoms with Gasteiger partial charge < -0.3 is 23.6 Å². The van der Waals surface area contributed by atoms with Gasteiger partial charge in [-0.25, -0.2) is 0 Å². The minimum atomic E-state index is 0.593. The van der Waals surface area contributed by atoms with Crippen LogP contribution in [0.15, 0.2) is 53.3 Å². The zero-order chi connectivity index (χ0) is 24.9. The van der Waals surface area contributed by atoms with E-state index in [1.807, 2.05) is 55.2 Å². The Labute approximate surface area is 206 Å². The summed E-state index contributed by atoms with van der Waals surface area (Å²) in [7, 11) is 5.01. The van der Waals surface area contributed by atoms with E-state index >= 15 is 0 Å². The summed E-state index contributed by atoms with van der Waals surface area (Å²) in [5, 5.41) is 8.70. The van der Waals surface area contributed by atoms with E-state index < -0.39 is 0 Å². The number of hydrogen-bond acceptors (Lipinski definition) is 7. The number of nitrogens with zero attached hydrogens (tertiary/aromatic N) is 4. The van der Waals surface area contributed by atoms with Gasteiger partial charge in [0, 0.05) is 30.4 Å². The quantitative estimate of drug-likeness (QED) is 0.316. The van der Waals surface area contributed by atoms with Crippen molar-refractivity contribution in [1.82, 2.24) is 14.9 Å². The van der Waals surface area contributed by atoms with Crippen molar-refractivity contribution in [2.24, 2.45) is 0 Å². The molecule has 0 bridgehead atoms. The first-order valence-corrected chi connectivity index (χ1v) is 11.5. The lowest BCUT2D eigenvalue weighted by atomic mass is 10.1. The molecule has 0 atom stereocenters. The maximum atomic E-state index is 5.71. The van der Waals surface area contributed by atoms with Gasteiger partial charge in [-0.2, -0.15) is 5.10 Å². The van der Waals surface area contributed by atoms with Crippen LogP contribution in [0.5, 0.6) is 17.2 Å². The summed E-state index contributed by atoms with van der Waals surface area (Å²) in [5.74, 6) is 3.11. The van der Waals surface area contributed by atoms with Crippen LogP contribution in [0.4, 0.5) is 5.69 Å². The van der Waals surface area contributed by atoms with Crippen LogP contribution in [0, 0.1) is 20.8 Å². The minimum Gasteiger partial charge on any atom is -0.496 e. The van der Waals surface area contributed by atoms with Gasteiger partial charge in [0.1, 0.15) is 11.5 Å². The molecule has 2 aromatic carbocycles. The maximum absolute atomic E-state index is 5.71. The Balaban J connectivity index is 1.69. The second-order valence-corrected chi connectivity index (χ2v) is 8.45. The Morgan fingerprint density at radius 1 is 0.886 bits per heavy atom. The minimum absolute atomic E-state index is 0.593. The Hall–Kier alpha value is -3.94. The highest BCUT2D eigenvalue weighted by Gasteiger charge is 2.18. The molecule has 0 saturated carbocycles. The molecule has 0 radical (unpaired) electrons. The van der Waals surface area contributed by atoms with Crippen molar-refractivity contribution in [3.05, 3.63) is 82.5 Å². The molecule has 0 unspecified atom stereocenters. The summed E-state index contributed by atoms with van der Waals surface area (Å²) in [5.41, 5.74) is 6.22. The molecule has 0 aliphatic rings. The SMILES string of the molecule is COc1cccc(CN(Cc2cccc(OC)c2OC)c2cnn(Cc3c(C)noc3C)c2)c1C. The first-order chi connectivity index (χ1) is 16.9. The molecule has 0 N–H and O–H groups in total. The molecule has 4 aromatic rings. The molecule has 2 heterocycles. The van der Waals surface area contributed by atoms with Crippen molar-refractivity contribution in [3.8, 4) is 17.2 Å². The fraction of sp³-hybridized carbons (Fsp3) is 0.333. The molecule has 0 aliphatic carbocycles. The topological polar surface area (TPSA) is 74.8 Å². The van der Waals surface area contributed by atoms with Gasteiger partial charge in [-0.3, -0.25) is 4.68 Å². The highest BCUT2D eigenvalue weighted by Crippen LogP contribution is 2.33. The van der Waals surface area contributed by atoms with Crippen LogP contribution < -0.4 is 19.1 Å². The Morgan fingerprint density at radius 2 is 1.57 bits per heavy atom. The largest absolute Gasteiger partial charge is 0.496 e. The first-order valence-electron chi connectivity index (χ1n) is 11.5. The van der Waals surface area contributed by atoms with Crippen LogP contribution in [-0.4, -0.2) is 36.3 Å². The molecule has 0 fully saturated rings. The van der Waals surface area contributed by atoms with E-state index in [9.17, 15) is 0 Å². The lowest BCUT2D eigenvalue weighted by molar-refractivity contribution is 0.351. The van der Waals surface area contributed by atoms with E-state index in [0.29, 0.717) is 25.4 Å². The van der Waals surface area contributed by atoms with Crippen LogP contribution >= 0.6 is 0 Å². The van der Waals surface area contributed by atoms with Crippen molar-refractivity contribution in [2.75, 3.05) is 26.2 Å². The third-order valence-corrected chi connectivity index (χ3v) is 6.31. The zero-order valence-corrected chi connectivity index (χ0v) is 21.2. The summed E-state index contributed by atoms with van der Waals surface area (Å²) in [6, 6.07) is 12.1. The average molecular weight is 477 g/mol. The first kappa shape index (κ1) is 24.2. The normalized spacial score (nSPS) is 10.9. The summed E-state index contributed by atoms with van der Waals surface area (Å²) in [6.07, 6.45) is 3.94. The van der Waals surface area contributed by atoms with Gasteiger partial charge >= 0.3 is 0 Å². The molecule has 4 rings (SSSR count). The van der Waals surface area contributed by atoms with Gasteiger partial charge in [-0.15, -0.1) is 0 Å². The van der Waals surface area contributed by atoms with E-state index in [0.717, 1.165) is 45.3 Å². The highest BCUT2D eigenvalue weighted by molar-refractivity contribution is 5.52. The highest BCUT2D eigenvalue weighted by atomic mass is 16.5. The van der Waals surface area contributed by atoms with E-state index in [-0.39, 0.29) is 0 Å². The fourth-order valence-electron chi connectivity index (χ4n) is 4.27. The number of aryl methyl sites for hydroxylation is 2. The van der Waals surface area contributed by atoms with Gasteiger partial charge in [0.2, 0.25) is 0 Å². The third kappa shape index (κ3) is 5.11. The average Bonchev–Trinajstić information content (AvgIpc) is 3.46. The number of hydrogen-bond donors (Lipinski definition) is 0. The molecule has 8 heteroatoms. The molecule has 8 nitrogen and oxygen atoms in total. The molecular weight excluding hydrogens is 444 g/mol. The molecule has 0 spiro atoms. The molecule has 0 aliphatic heterocycles. The molecule has 2 aromatic heterocycles. The van der Waals surface area contributed by atoms with Gasteiger partial charge in [0.15, 0.2) is 11.5 Å². The summed E-state index contributed by atoms with van der Waals surface area (Å²) >= 11 is 0. The van der Waals surface area contributed by atoms with Crippen LogP contribution in [0.25, 0.3) is 0 Å². The van der Waals surface area contributed by atoms with Crippen LogP contribution in [-0.2, 0) is 19.6 Å². The van der Waals surface area contributed by atoms with Crippen molar-refractivity contribution in [3.63, 3.8) is 0 Å². The van der Waals surface area contributed by atoms with Crippen LogP contribution in [0.2, 0.25) is 0 Å². The van der Waals surface area contributed by atoms with E-state index in [1.165, 1.54) is 5.56 Å². The number of anilines is 1. The number of methoxy groups -OCH3 is 3. The number of rotatable bonds is 10. The molecule has 0 amide bonds. The summed E-state index contributed by atoms with van der Waals surface area (Å²) in [6.45, 7) is 7.82. The molecule has 0 saturated heterocycles. The van der Waals surface area contributed by atoms with Crippen LogP contribution in [0.3, 0.4) is 0 Å². The Kier molecular flexibility index (Phi) is 7.29. The fourth-order valence-corrected chi connectivity index (χ4v) is 4.27. The zero-order valence-electron chi connectivity index (χ0n) is 21.2. The van der Waals surface area contributed by atoms with E-state index in [1.54, 1.807) is 21.3 Å². The van der Waals surface area contributed by atoms with Gasteiger partial charge in [-0.05, 0) is 44.0 Å². The third-order valence-electron chi connectivity index (χ3n) is 6.31. The van der Waals surface area contributed by atoms with Crippen molar-refractivity contribution in [2.45, 2.75) is 40.4 Å². The lowest BCUT2D eigenvalue weighted by Crippen LogP contribution is -2.23.